The van der Waals surface area contributed by atoms with Gasteiger partial charge in [0.05, 0.1) is 23.1 Å². The zero-order valence-electron chi connectivity index (χ0n) is 16.2. The van der Waals surface area contributed by atoms with Crippen molar-refractivity contribution in [2.24, 2.45) is 0 Å². The number of rotatable bonds is 4. The predicted molar refractivity (Wildman–Crippen MR) is 107 cm³/mol. The fraction of sp³-hybridized carbons (Fsp3) is 0.450. The summed E-state index contributed by atoms with van der Waals surface area (Å²) < 4.78 is 22.8. The Hall–Kier alpha value is -2.52. The van der Waals surface area contributed by atoms with Crippen LogP contribution >= 0.6 is 11.3 Å². The molecule has 0 saturated carbocycles. The van der Waals surface area contributed by atoms with E-state index in [4.69, 9.17) is 4.74 Å². The lowest BCUT2D eigenvalue weighted by Gasteiger charge is -2.43. The number of imidazole rings is 1. The van der Waals surface area contributed by atoms with Crippen LogP contribution in [0, 0.1) is 0 Å². The van der Waals surface area contributed by atoms with E-state index in [0.29, 0.717) is 22.2 Å². The standard InChI is InChI=1S/C20H22FN5O2S/c1-19-5-6-20(2,25-19)16(21)15(10-19)28-18-24-23-17(29-18)13-4-3-12(9-14(13)27)26-8-7-22-11-26/h3-4,7-9,11,15-16,25,27H,5-6,10H2,1-2H3/t15-,16+,19-,20+/m0/s1. The Morgan fingerprint density at radius 2 is 2.17 bits per heavy atom. The fourth-order valence-corrected chi connectivity index (χ4v) is 5.32. The molecule has 0 radical (unpaired) electrons. The second-order valence-corrected chi connectivity index (χ2v) is 9.35. The van der Waals surface area contributed by atoms with Crippen LogP contribution in [-0.2, 0) is 0 Å². The summed E-state index contributed by atoms with van der Waals surface area (Å²) in [6.07, 6.45) is 5.76. The molecule has 2 aliphatic rings. The molecule has 4 atom stereocenters. The lowest BCUT2D eigenvalue weighted by atomic mass is 9.85. The van der Waals surface area contributed by atoms with E-state index in [2.05, 4.69) is 27.4 Å². The second kappa shape index (κ2) is 6.50. The Kier molecular flexibility index (Phi) is 4.15. The first kappa shape index (κ1) is 18.5. The molecule has 0 spiro atoms. The average Bonchev–Trinajstić information content (AvgIpc) is 3.41. The van der Waals surface area contributed by atoms with Crippen LogP contribution in [0.25, 0.3) is 16.3 Å². The smallest absolute Gasteiger partial charge is 0.294 e. The summed E-state index contributed by atoms with van der Waals surface area (Å²) in [5.74, 6) is 0.0854. The Morgan fingerprint density at radius 3 is 2.93 bits per heavy atom. The summed E-state index contributed by atoms with van der Waals surface area (Å²) in [5.41, 5.74) is 0.669. The van der Waals surface area contributed by atoms with Crippen molar-refractivity contribution in [1.82, 2.24) is 25.1 Å². The summed E-state index contributed by atoms with van der Waals surface area (Å²) in [6, 6.07) is 5.28. The van der Waals surface area contributed by atoms with Crippen LogP contribution in [0.3, 0.4) is 0 Å². The largest absolute Gasteiger partial charge is 0.507 e. The van der Waals surface area contributed by atoms with Gasteiger partial charge in [-0.05, 0) is 38.8 Å². The van der Waals surface area contributed by atoms with Crippen LogP contribution in [0.4, 0.5) is 4.39 Å². The minimum Gasteiger partial charge on any atom is -0.507 e. The molecule has 2 aromatic heterocycles. The van der Waals surface area contributed by atoms with Gasteiger partial charge >= 0.3 is 0 Å². The van der Waals surface area contributed by atoms with Crippen molar-refractivity contribution >= 4 is 11.3 Å². The zero-order valence-corrected chi connectivity index (χ0v) is 17.0. The van der Waals surface area contributed by atoms with Crippen LogP contribution in [0.2, 0.25) is 0 Å². The monoisotopic (exact) mass is 415 g/mol. The number of halogens is 1. The van der Waals surface area contributed by atoms with Gasteiger partial charge in [0.15, 0.2) is 11.2 Å². The number of aromatic nitrogens is 4. The highest BCUT2D eigenvalue weighted by Gasteiger charge is 2.56. The molecule has 4 heterocycles. The highest BCUT2D eigenvalue weighted by atomic mass is 32.1. The van der Waals surface area contributed by atoms with E-state index < -0.39 is 17.8 Å². The first-order valence-corrected chi connectivity index (χ1v) is 10.4. The molecule has 9 heteroatoms. The third-order valence-corrected chi connectivity index (χ3v) is 6.89. The summed E-state index contributed by atoms with van der Waals surface area (Å²) in [5, 5.41) is 23.0. The molecular weight excluding hydrogens is 393 g/mol. The maximum absolute atomic E-state index is 15.1. The van der Waals surface area contributed by atoms with E-state index in [9.17, 15) is 5.11 Å². The van der Waals surface area contributed by atoms with Gasteiger partial charge in [0, 0.05) is 30.4 Å². The molecule has 3 aromatic rings. The maximum atomic E-state index is 15.1. The molecule has 2 saturated heterocycles. The highest BCUT2D eigenvalue weighted by molar-refractivity contribution is 7.16. The van der Waals surface area contributed by atoms with E-state index in [0.717, 1.165) is 18.5 Å². The molecule has 0 aliphatic carbocycles. The minimum absolute atomic E-state index is 0.0854. The predicted octanol–water partition coefficient (Wildman–Crippen LogP) is 3.49. The van der Waals surface area contributed by atoms with Crippen molar-refractivity contribution in [3.63, 3.8) is 0 Å². The maximum Gasteiger partial charge on any atom is 0.294 e. The van der Waals surface area contributed by atoms with Crippen LogP contribution in [-0.4, -0.2) is 48.2 Å². The Morgan fingerprint density at radius 1 is 1.31 bits per heavy atom. The van der Waals surface area contributed by atoms with Gasteiger partial charge in [-0.2, -0.15) is 0 Å². The van der Waals surface area contributed by atoms with Gasteiger partial charge in [0.2, 0.25) is 0 Å². The Bertz CT molecular complexity index is 1040. The average molecular weight is 415 g/mol. The normalized spacial score (nSPS) is 31.1. The first-order valence-electron chi connectivity index (χ1n) is 9.61. The molecule has 2 aliphatic heterocycles. The van der Waals surface area contributed by atoms with E-state index in [1.165, 1.54) is 11.3 Å². The Labute approximate surface area is 171 Å². The lowest BCUT2D eigenvalue weighted by molar-refractivity contribution is -0.00735. The van der Waals surface area contributed by atoms with Gasteiger partial charge in [-0.3, -0.25) is 0 Å². The third-order valence-electron chi connectivity index (χ3n) is 6.04. The van der Waals surface area contributed by atoms with Gasteiger partial charge in [-0.15, -0.1) is 5.10 Å². The first-order chi connectivity index (χ1) is 13.9. The quantitative estimate of drug-likeness (QED) is 0.679. The highest BCUT2D eigenvalue weighted by Crippen LogP contribution is 2.45. The van der Waals surface area contributed by atoms with Gasteiger partial charge in [-0.25, -0.2) is 9.37 Å². The fourth-order valence-electron chi connectivity index (χ4n) is 4.54. The zero-order chi connectivity index (χ0) is 20.2. The summed E-state index contributed by atoms with van der Waals surface area (Å²) in [7, 11) is 0. The molecule has 29 heavy (non-hydrogen) atoms. The van der Waals surface area contributed by atoms with E-state index >= 15 is 4.39 Å². The molecule has 5 rings (SSSR count). The number of alkyl halides is 1. The summed E-state index contributed by atoms with van der Waals surface area (Å²) in [4.78, 5) is 4.01. The van der Waals surface area contributed by atoms with E-state index in [1.54, 1.807) is 35.4 Å². The molecule has 1 aromatic carbocycles. The number of ether oxygens (including phenoxy) is 1. The molecule has 7 nitrogen and oxygen atoms in total. The number of benzene rings is 1. The van der Waals surface area contributed by atoms with Crippen LogP contribution in [0.15, 0.2) is 36.9 Å². The molecule has 2 fully saturated rings. The van der Waals surface area contributed by atoms with E-state index in [1.807, 2.05) is 13.0 Å². The van der Waals surface area contributed by atoms with Gasteiger partial charge in [0.1, 0.15) is 11.9 Å². The number of hydrogen-bond donors (Lipinski definition) is 2. The molecule has 2 bridgehead atoms. The number of phenols is 1. The van der Waals surface area contributed by atoms with Crippen molar-refractivity contribution in [2.45, 2.75) is 56.5 Å². The van der Waals surface area contributed by atoms with Crippen LogP contribution < -0.4 is 10.1 Å². The number of aromatic hydroxyl groups is 1. The lowest BCUT2D eigenvalue weighted by Crippen LogP contribution is -2.63. The number of hydrogen-bond acceptors (Lipinski definition) is 7. The summed E-state index contributed by atoms with van der Waals surface area (Å²) >= 11 is 1.21. The molecule has 0 unspecified atom stereocenters. The minimum atomic E-state index is -1.12. The van der Waals surface area contributed by atoms with Crippen molar-refractivity contribution in [1.29, 1.82) is 0 Å². The van der Waals surface area contributed by atoms with Crippen molar-refractivity contribution in [2.75, 3.05) is 0 Å². The number of phenolic OH excluding ortho intramolecular Hbond substituents is 1. The van der Waals surface area contributed by atoms with Crippen LogP contribution in [0.5, 0.6) is 10.9 Å². The van der Waals surface area contributed by atoms with Gasteiger partial charge < -0.3 is 19.7 Å². The van der Waals surface area contributed by atoms with Crippen molar-refractivity contribution in [3.8, 4) is 27.2 Å². The van der Waals surface area contributed by atoms with Crippen LogP contribution in [0.1, 0.15) is 33.1 Å². The topological polar surface area (TPSA) is 85.1 Å². The van der Waals surface area contributed by atoms with E-state index in [-0.39, 0.29) is 11.3 Å². The number of nitrogens with zero attached hydrogens (tertiary/aromatic N) is 4. The molecule has 0 amide bonds. The second-order valence-electron chi connectivity index (χ2n) is 8.41. The summed E-state index contributed by atoms with van der Waals surface area (Å²) in [6.45, 7) is 4.04. The Balaban J connectivity index is 1.36. The number of piperidine rings is 1. The van der Waals surface area contributed by atoms with Crippen molar-refractivity contribution in [3.05, 3.63) is 36.9 Å². The number of nitrogens with one attached hydrogen (secondary N) is 1. The molecule has 2 N–H and O–H groups in total. The van der Waals surface area contributed by atoms with Gasteiger partial charge in [-0.1, -0.05) is 16.4 Å². The third kappa shape index (κ3) is 3.18. The van der Waals surface area contributed by atoms with Crippen molar-refractivity contribution < 1.29 is 14.2 Å². The number of fused-ring (bicyclic) bond motifs is 2. The molecular formula is C20H22FN5O2S. The SMILES string of the molecule is C[C@@]12CC[C@@](C)(N1)[C@H](F)[C@@H](Oc1nnc(-c3ccc(-n4ccnc4)cc3O)s1)C2. The molecule has 152 valence electrons. The van der Waals surface area contributed by atoms with Gasteiger partial charge in [0.25, 0.3) is 5.19 Å².